The lowest BCUT2D eigenvalue weighted by Crippen LogP contribution is -2.45. The first kappa shape index (κ1) is 10.2. The highest BCUT2D eigenvalue weighted by Gasteiger charge is 2.20. The van der Waals surface area contributed by atoms with Crippen LogP contribution in [-0.4, -0.2) is 31.2 Å². The van der Waals surface area contributed by atoms with E-state index < -0.39 is 6.04 Å². The maximum atomic E-state index is 11.3. The third-order valence-electron chi connectivity index (χ3n) is 2.03. The van der Waals surface area contributed by atoms with Crippen LogP contribution in [0.1, 0.15) is 12.8 Å². The monoisotopic (exact) mass is 184 g/mol. The number of carbonyl (C=O) groups is 1. The SMILES string of the molecule is C=CCC(N)C(=O)NC1CCOC1. The highest BCUT2D eigenvalue weighted by atomic mass is 16.5. The molecule has 1 aliphatic heterocycles. The molecule has 1 heterocycles. The van der Waals surface area contributed by atoms with Crippen molar-refractivity contribution in [3.8, 4) is 0 Å². The third kappa shape index (κ3) is 3.16. The van der Waals surface area contributed by atoms with Gasteiger partial charge >= 0.3 is 0 Å². The molecule has 1 fully saturated rings. The molecule has 0 aliphatic carbocycles. The molecular weight excluding hydrogens is 168 g/mol. The van der Waals surface area contributed by atoms with Gasteiger partial charge in [-0.3, -0.25) is 4.79 Å². The molecule has 1 rings (SSSR count). The van der Waals surface area contributed by atoms with Gasteiger partial charge in [-0.05, 0) is 12.8 Å². The van der Waals surface area contributed by atoms with Gasteiger partial charge in [0, 0.05) is 6.61 Å². The number of hydrogen-bond donors (Lipinski definition) is 2. The first-order valence-corrected chi connectivity index (χ1v) is 4.48. The fourth-order valence-corrected chi connectivity index (χ4v) is 1.24. The average molecular weight is 184 g/mol. The maximum absolute atomic E-state index is 11.3. The molecule has 1 aliphatic rings. The van der Waals surface area contributed by atoms with Crippen LogP contribution in [0.15, 0.2) is 12.7 Å². The molecular formula is C9H16N2O2. The Bertz CT molecular complexity index is 188. The molecule has 4 nitrogen and oxygen atoms in total. The van der Waals surface area contributed by atoms with Crippen LogP contribution in [0, 0.1) is 0 Å². The molecule has 0 saturated carbocycles. The summed E-state index contributed by atoms with van der Waals surface area (Å²) in [6.07, 6.45) is 3.04. The largest absolute Gasteiger partial charge is 0.379 e. The highest BCUT2D eigenvalue weighted by Crippen LogP contribution is 2.03. The van der Waals surface area contributed by atoms with E-state index in [0.717, 1.165) is 13.0 Å². The fourth-order valence-electron chi connectivity index (χ4n) is 1.24. The predicted octanol–water partition coefficient (Wildman–Crippen LogP) is -0.205. The minimum absolute atomic E-state index is 0.115. The molecule has 1 saturated heterocycles. The van der Waals surface area contributed by atoms with Crippen LogP contribution < -0.4 is 11.1 Å². The zero-order valence-electron chi connectivity index (χ0n) is 7.66. The topological polar surface area (TPSA) is 64.4 Å². The number of ether oxygens (including phenoxy) is 1. The van der Waals surface area contributed by atoms with E-state index in [2.05, 4.69) is 11.9 Å². The molecule has 4 heteroatoms. The Labute approximate surface area is 78.1 Å². The Morgan fingerprint density at radius 1 is 1.85 bits per heavy atom. The molecule has 13 heavy (non-hydrogen) atoms. The van der Waals surface area contributed by atoms with Crippen molar-refractivity contribution in [1.82, 2.24) is 5.32 Å². The lowest BCUT2D eigenvalue weighted by atomic mass is 10.2. The summed E-state index contributed by atoms with van der Waals surface area (Å²) in [5.74, 6) is -0.115. The Morgan fingerprint density at radius 3 is 3.15 bits per heavy atom. The number of hydrogen-bond acceptors (Lipinski definition) is 3. The van der Waals surface area contributed by atoms with Crippen molar-refractivity contribution in [1.29, 1.82) is 0 Å². The van der Waals surface area contributed by atoms with Crippen LogP contribution in [0.5, 0.6) is 0 Å². The summed E-state index contributed by atoms with van der Waals surface area (Å²) >= 11 is 0. The van der Waals surface area contributed by atoms with Gasteiger partial charge in [0.25, 0.3) is 0 Å². The number of amides is 1. The second kappa shape index (κ2) is 4.99. The van der Waals surface area contributed by atoms with E-state index in [1.165, 1.54) is 0 Å². The van der Waals surface area contributed by atoms with Crippen molar-refractivity contribution in [2.24, 2.45) is 5.73 Å². The van der Waals surface area contributed by atoms with Crippen molar-refractivity contribution in [2.75, 3.05) is 13.2 Å². The summed E-state index contributed by atoms with van der Waals surface area (Å²) in [6.45, 7) is 4.86. The van der Waals surface area contributed by atoms with E-state index in [4.69, 9.17) is 10.5 Å². The maximum Gasteiger partial charge on any atom is 0.237 e. The third-order valence-corrected chi connectivity index (χ3v) is 2.03. The molecule has 2 atom stereocenters. The first-order valence-electron chi connectivity index (χ1n) is 4.48. The molecule has 0 spiro atoms. The zero-order chi connectivity index (χ0) is 9.68. The van der Waals surface area contributed by atoms with Crippen molar-refractivity contribution < 1.29 is 9.53 Å². The van der Waals surface area contributed by atoms with Crippen molar-refractivity contribution in [2.45, 2.75) is 24.9 Å². The van der Waals surface area contributed by atoms with Gasteiger partial charge in [-0.15, -0.1) is 6.58 Å². The van der Waals surface area contributed by atoms with Crippen molar-refractivity contribution >= 4 is 5.91 Å². The molecule has 0 aromatic carbocycles. The summed E-state index contributed by atoms with van der Waals surface area (Å²) in [6, 6.07) is -0.332. The van der Waals surface area contributed by atoms with Gasteiger partial charge in [0.2, 0.25) is 5.91 Å². The second-order valence-corrected chi connectivity index (χ2v) is 3.20. The van der Waals surface area contributed by atoms with Gasteiger partial charge in [-0.2, -0.15) is 0 Å². The second-order valence-electron chi connectivity index (χ2n) is 3.20. The molecule has 0 bridgehead atoms. The summed E-state index contributed by atoms with van der Waals surface area (Å²) in [5, 5.41) is 2.83. The van der Waals surface area contributed by atoms with Crippen LogP contribution >= 0.6 is 0 Å². The Morgan fingerprint density at radius 2 is 2.62 bits per heavy atom. The number of rotatable bonds is 4. The van der Waals surface area contributed by atoms with E-state index in [9.17, 15) is 4.79 Å². The molecule has 1 amide bonds. The lowest BCUT2D eigenvalue weighted by molar-refractivity contribution is -0.123. The normalized spacial score (nSPS) is 23.9. The van der Waals surface area contributed by atoms with Gasteiger partial charge in [-0.25, -0.2) is 0 Å². The smallest absolute Gasteiger partial charge is 0.237 e. The average Bonchev–Trinajstić information content (AvgIpc) is 2.57. The van der Waals surface area contributed by atoms with Crippen molar-refractivity contribution in [3.05, 3.63) is 12.7 Å². The van der Waals surface area contributed by atoms with Crippen LogP contribution in [0.3, 0.4) is 0 Å². The summed E-state index contributed by atoms with van der Waals surface area (Å²) in [7, 11) is 0. The van der Waals surface area contributed by atoms with Crippen LogP contribution in [-0.2, 0) is 9.53 Å². The van der Waals surface area contributed by atoms with Gasteiger partial charge in [0.15, 0.2) is 0 Å². The highest BCUT2D eigenvalue weighted by molar-refractivity contribution is 5.81. The van der Waals surface area contributed by atoms with Crippen LogP contribution in [0.2, 0.25) is 0 Å². The minimum Gasteiger partial charge on any atom is -0.379 e. The lowest BCUT2D eigenvalue weighted by Gasteiger charge is -2.14. The van der Waals surface area contributed by atoms with Gasteiger partial charge in [0.05, 0.1) is 18.7 Å². The molecule has 2 unspecified atom stereocenters. The van der Waals surface area contributed by atoms with Gasteiger partial charge in [-0.1, -0.05) is 6.08 Å². The fraction of sp³-hybridized carbons (Fsp3) is 0.667. The molecule has 0 radical (unpaired) electrons. The Hall–Kier alpha value is -0.870. The molecule has 0 aromatic heterocycles. The van der Waals surface area contributed by atoms with E-state index in [-0.39, 0.29) is 11.9 Å². The van der Waals surface area contributed by atoms with Gasteiger partial charge in [0.1, 0.15) is 0 Å². The zero-order valence-corrected chi connectivity index (χ0v) is 7.66. The number of nitrogens with one attached hydrogen (secondary N) is 1. The summed E-state index contributed by atoms with van der Waals surface area (Å²) in [4.78, 5) is 11.3. The molecule has 0 aromatic rings. The van der Waals surface area contributed by atoms with Crippen LogP contribution in [0.25, 0.3) is 0 Å². The summed E-state index contributed by atoms with van der Waals surface area (Å²) in [5.41, 5.74) is 5.58. The van der Waals surface area contributed by atoms with E-state index in [1.807, 2.05) is 0 Å². The quantitative estimate of drug-likeness (QED) is 0.594. The van der Waals surface area contributed by atoms with Crippen molar-refractivity contribution in [3.63, 3.8) is 0 Å². The van der Waals surface area contributed by atoms with E-state index in [0.29, 0.717) is 13.0 Å². The molecule has 74 valence electrons. The summed E-state index contributed by atoms with van der Waals surface area (Å²) < 4.78 is 5.12. The minimum atomic E-state index is -0.474. The number of nitrogens with two attached hydrogens (primary N) is 1. The van der Waals surface area contributed by atoms with E-state index in [1.54, 1.807) is 6.08 Å². The predicted molar refractivity (Wildman–Crippen MR) is 50.2 cm³/mol. The van der Waals surface area contributed by atoms with Crippen LogP contribution in [0.4, 0.5) is 0 Å². The van der Waals surface area contributed by atoms with Gasteiger partial charge < -0.3 is 15.8 Å². The Kier molecular flexibility index (Phi) is 3.92. The first-order chi connectivity index (χ1) is 6.24. The Balaban J connectivity index is 2.26. The van der Waals surface area contributed by atoms with E-state index >= 15 is 0 Å². The number of carbonyl (C=O) groups excluding carboxylic acids is 1. The standard InChI is InChI=1S/C9H16N2O2/c1-2-3-8(10)9(12)11-7-4-5-13-6-7/h2,7-8H,1,3-6,10H2,(H,11,12). The molecule has 3 N–H and O–H groups in total.